The van der Waals surface area contributed by atoms with Crippen LogP contribution in [0.25, 0.3) is 0 Å². The fraction of sp³-hybridized carbons (Fsp3) is 0.269. The molecule has 3 aromatic rings. The van der Waals surface area contributed by atoms with Crippen LogP contribution in [0, 0.1) is 0 Å². The second-order valence-corrected chi connectivity index (χ2v) is 8.14. The number of ketones is 1. The van der Waals surface area contributed by atoms with Crippen molar-refractivity contribution in [3.05, 3.63) is 107 Å². The maximum Gasteiger partial charge on any atom is 0.188 e. The second-order valence-electron chi connectivity index (χ2n) is 8.14. The number of hydrogen-bond acceptors (Lipinski definition) is 3. The van der Waals surface area contributed by atoms with E-state index in [2.05, 4.69) is 70.5 Å². The second kappa shape index (κ2) is 7.58. The van der Waals surface area contributed by atoms with E-state index in [0.717, 1.165) is 50.3 Å². The van der Waals surface area contributed by atoms with Gasteiger partial charge >= 0.3 is 0 Å². The van der Waals surface area contributed by atoms with Gasteiger partial charge in [-0.2, -0.15) is 0 Å². The molecule has 5 rings (SSSR count). The van der Waals surface area contributed by atoms with Crippen molar-refractivity contribution >= 4 is 5.78 Å². The van der Waals surface area contributed by atoms with Crippen LogP contribution in [0.2, 0.25) is 0 Å². The van der Waals surface area contributed by atoms with Crippen LogP contribution in [0.4, 0.5) is 0 Å². The topological polar surface area (TPSA) is 23.6 Å². The first-order chi connectivity index (χ1) is 14.3. The van der Waals surface area contributed by atoms with E-state index in [1.165, 1.54) is 11.1 Å². The number of rotatable bonds is 4. The summed E-state index contributed by atoms with van der Waals surface area (Å²) in [7, 11) is 0. The van der Waals surface area contributed by atoms with Crippen molar-refractivity contribution in [2.24, 2.45) is 0 Å². The van der Waals surface area contributed by atoms with Crippen LogP contribution in [-0.4, -0.2) is 41.8 Å². The molecule has 0 bridgehead atoms. The maximum atomic E-state index is 13.7. The van der Waals surface area contributed by atoms with E-state index in [0.29, 0.717) is 0 Å². The molecule has 0 radical (unpaired) electrons. The van der Waals surface area contributed by atoms with Crippen LogP contribution in [-0.2, 0) is 18.5 Å². The molecule has 0 N–H and O–H groups in total. The van der Waals surface area contributed by atoms with Crippen LogP contribution >= 0.6 is 0 Å². The molecule has 1 aliphatic carbocycles. The molecule has 3 heteroatoms. The van der Waals surface area contributed by atoms with Gasteiger partial charge in [0.15, 0.2) is 5.78 Å². The first-order valence-electron chi connectivity index (χ1n) is 10.5. The summed E-state index contributed by atoms with van der Waals surface area (Å²) in [4.78, 5) is 18.7. The van der Waals surface area contributed by atoms with E-state index in [-0.39, 0.29) is 5.78 Å². The Balaban J connectivity index is 1.42. The standard InChI is InChI=1S/C26H26N2O/c29-25-24-14-8-7-11-22(24)19-26(25,23-12-5-2-6-13-23)28-17-15-27(16-18-28)20-21-9-3-1-4-10-21/h1-14H,15-20H2/t26-/m0/s1. The first-order valence-corrected chi connectivity index (χ1v) is 10.5. The summed E-state index contributed by atoms with van der Waals surface area (Å²) in [6.07, 6.45) is 0.769. The highest BCUT2D eigenvalue weighted by Crippen LogP contribution is 2.42. The molecule has 0 spiro atoms. The van der Waals surface area contributed by atoms with Gasteiger partial charge < -0.3 is 0 Å². The van der Waals surface area contributed by atoms with Gasteiger partial charge in [-0.3, -0.25) is 14.6 Å². The maximum absolute atomic E-state index is 13.7. The third-order valence-electron chi connectivity index (χ3n) is 6.50. The third-order valence-corrected chi connectivity index (χ3v) is 6.50. The zero-order valence-corrected chi connectivity index (χ0v) is 16.6. The van der Waals surface area contributed by atoms with Gasteiger partial charge in [0.2, 0.25) is 0 Å². The zero-order valence-electron chi connectivity index (χ0n) is 16.6. The van der Waals surface area contributed by atoms with Crippen molar-refractivity contribution in [2.75, 3.05) is 26.2 Å². The molecule has 1 aliphatic heterocycles. The summed E-state index contributed by atoms with van der Waals surface area (Å²) in [5.74, 6) is 0.260. The number of hydrogen-bond donors (Lipinski definition) is 0. The van der Waals surface area contributed by atoms with Gasteiger partial charge in [-0.05, 0) is 16.7 Å². The fourth-order valence-corrected chi connectivity index (χ4v) is 4.99. The lowest BCUT2D eigenvalue weighted by Gasteiger charge is -2.45. The lowest BCUT2D eigenvalue weighted by Crippen LogP contribution is -2.58. The minimum atomic E-state index is -0.566. The smallest absolute Gasteiger partial charge is 0.188 e. The molecule has 1 heterocycles. The molecular formula is C26H26N2O. The molecule has 1 saturated heterocycles. The fourth-order valence-electron chi connectivity index (χ4n) is 4.99. The molecule has 2 aliphatic rings. The Morgan fingerprint density at radius 3 is 2.03 bits per heavy atom. The molecule has 1 fully saturated rings. The van der Waals surface area contributed by atoms with Crippen LogP contribution < -0.4 is 0 Å². The van der Waals surface area contributed by atoms with Crippen molar-refractivity contribution in [1.82, 2.24) is 9.80 Å². The molecule has 3 aromatic carbocycles. The van der Waals surface area contributed by atoms with Crippen molar-refractivity contribution in [1.29, 1.82) is 0 Å². The summed E-state index contributed by atoms with van der Waals surface area (Å²) < 4.78 is 0. The molecule has 0 unspecified atom stereocenters. The SMILES string of the molecule is O=C1c2ccccc2C[C@@]1(c1ccccc1)N1CCN(Cc2ccccc2)CC1. The van der Waals surface area contributed by atoms with E-state index in [1.807, 2.05) is 24.3 Å². The van der Waals surface area contributed by atoms with Crippen LogP contribution in [0.5, 0.6) is 0 Å². The lowest BCUT2D eigenvalue weighted by molar-refractivity contribution is 0.0288. The number of benzene rings is 3. The Kier molecular flexibility index (Phi) is 4.78. The summed E-state index contributed by atoms with van der Waals surface area (Å²) in [6, 6.07) is 29.2. The molecule has 1 atom stereocenters. The largest absolute Gasteiger partial charge is 0.297 e. The van der Waals surface area contributed by atoms with Gasteiger partial charge in [-0.25, -0.2) is 0 Å². The number of carbonyl (C=O) groups excluding carboxylic acids is 1. The molecular weight excluding hydrogens is 356 g/mol. The van der Waals surface area contributed by atoms with E-state index in [4.69, 9.17) is 0 Å². The predicted octanol–water partition coefficient (Wildman–Crippen LogP) is 4.14. The quantitative estimate of drug-likeness (QED) is 0.678. The Morgan fingerprint density at radius 2 is 1.34 bits per heavy atom. The highest BCUT2D eigenvalue weighted by Gasteiger charge is 2.51. The molecule has 146 valence electrons. The highest BCUT2D eigenvalue weighted by molar-refractivity contribution is 6.08. The van der Waals surface area contributed by atoms with Crippen LogP contribution in [0.3, 0.4) is 0 Å². The van der Waals surface area contributed by atoms with Crippen molar-refractivity contribution in [2.45, 2.75) is 18.5 Å². The van der Waals surface area contributed by atoms with Crippen molar-refractivity contribution in [3.8, 4) is 0 Å². The Labute approximate surface area is 172 Å². The van der Waals surface area contributed by atoms with Crippen LogP contribution in [0.1, 0.15) is 27.0 Å². The van der Waals surface area contributed by atoms with Gasteiger partial charge in [-0.1, -0.05) is 84.9 Å². The average Bonchev–Trinajstić information content (AvgIpc) is 3.09. The van der Waals surface area contributed by atoms with E-state index < -0.39 is 5.54 Å². The normalized spacial score (nSPS) is 22.6. The number of piperazine rings is 1. The van der Waals surface area contributed by atoms with E-state index in [1.54, 1.807) is 0 Å². The summed E-state index contributed by atoms with van der Waals surface area (Å²) in [5, 5.41) is 0. The number of fused-ring (bicyclic) bond motifs is 1. The average molecular weight is 383 g/mol. The molecule has 0 amide bonds. The number of carbonyl (C=O) groups is 1. The minimum absolute atomic E-state index is 0.260. The third kappa shape index (κ3) is 3.21. The van der Waals surface area contributed by atoms with Crippen molar-refractivity contribution in [3.63, 3.8) is 0 Å². The molecule has 0 aromatic heterocycles. The summed E-state index contributed by atoms with van der Waals surface area (Å²) in [5.41, 5.74) is 3.97. The Morgan fingerprint density at radius 1 is 0.724 bits per heavy atom. The van der Waals surface area contributed by atoms with Crippen molar-refractivity contribution < 1.29 is 4.79 Å². The number of Topliss-reactive ketones (excluding diaryl/α,β-unsaturated/α-hetero) is 1. The first kappa shape index (κ1) is 18.3. The van der Waals surface area contributed by atoms with Gasteiger partial charge in [0.25, 0.3) is 0 Å². The Bertz CT molecular complexity index is 993. The summed E-state index contributed by atoms with van der Waals surface area (Å²) in [6.45, 7) is 4.74. The highest BCUT2D eigenvalue weighted by atomic mass is 16.1. The van der Waals surface area contributed by atoms with E-state index in [9.17, 15) is 4.79 Å². The van der Waals surface area contributed by atoms with E-state index >= 15 is 0 Å². The minimum Gasteiger partial charge on any atom is -0.297 e. The molecule has 29 heavy (non-hydrogen) atoms. The number of nitrogens with zero attached hydrogens (tertiary/aromatic N) is 2. The van der Waals surface area contributed by atoms with Crippen LogP contribution in [0.15, 0.2) is 84.9 Å². The molecule has 0 saturated carbocycles. The molecule has 3 nitrogen and oxygen atoms in total. The van der Waals surface area contributed by atoms with Gasteiger partial charge in [0.1, 0.15) is 5.54 Å². The lowest BCUT2D eigenvalue weighted by atomic mass is 9.83. The monoisotopic (exact) mass is 382 g/mol. The Hall–Kier alpha value is -2.75. The summed E-state index contributed by atoms with van der Waals surface area (Å²) >= 11 is 0. The van der Waals surface area contributed by atoms with Gasteiger partial charge in [-0.15, -0.1) is 0 Å². The van der Waals surface area contributed by atoms with Gasteiger partial charge in [0, 0.05) is 44.7 Å². The van der Waals surface area contributed by atoms with Gasteiger partial charge in [0.05, 0.1) is 0 Å². The zero-order chi connectivity index (χ0) is 19.7. The predicted molar refractivity (Wildman–Crippen MR) is 116 cm³/mol.